The van der Waals surface area contributed by atoms with Crippen LogP contribution in [-0.4, -0.2) is 102 Å². The van der Waals surface area contributed by atoms with Gasteiger partial charge < -0.3 is 49.9 Å². The number of carbonyl (C=O) groups is 3. The topological polar surface area (TPSA) is 177 Å². The van der Waals surface area contributed by atoms with Gasteiger partial charge in [0.2, 0.25) is 17.7 Å². The minimum Gasteiger partial charge on any atom is -0.496 e. The minimum absolute atomic E-state index is 0.0950. The van der Waals surface area contributed by atoms with E-state index in [1.807, 2.05) is 0 Å². The van der Waals surface area contributed by atoms with Crippen LogP contribution < -0.4 is 25.8 Å². The zero-order valence-electron chi connectivity index (χ0n) is 21.3. The lowest BCUT2D eigenvalue weighted by atomic mass is 10.2. The summed E-state index contributed by atoms with van der Waals surface area (Å²) in [4.78, 5) is 34.0. The fourth-order valence-electron chi connectivity index (χ4n) is 2.81. The molecule has 1 aromatic carbocycles. The Morgan fingerprint density at radius 3 is 2.08 bits per heavy atom. The normalized spacial score (nSPS) is 10.6. The Labute approximate surface area is 216 Å². The second kappa shape index (κ2) is 21.1. The molecule has 1 aromatic rings. The molecule has 0 radical (unpaired) electrons. The summed E-state index contributed by atoms with van der Waals surface area (Å²) in [5, 5.41) is 14.6. The third kappa shape index (κ3) is 17.2. The number of nitrogens with one attached hydrogen (secondary N) is 2. The third-order valence-electron chi connectivity index (χ3n) is 4.60. The van der Waals surface area contributed by atoms with Crippen LogP contribution in [0.3, 0.4) is 0 Å². The largest absolute Gasteiger partial charge is 0.496 e. The van der Waals surface area contributed by atoms with Crippen molar-refractivity contribution >= 4 is 17.7 Å². The van der Waals surface area contributed by atoms with Crippen LogP contribution in [-0.2, 0) is 39.9 Å². The zero-order chi connectivity index (χ0) is 27.1. The van der Waals surface area contributed by atoms with E-state index in [2.05, 4.69) is 10.6 Å². The molecule has 3 amide bonds. The number of benzene rings is 1. The van der Waals surface area contributed by atoms with Crippen LogP contribution >= 0.6 is 0 Å². The van der Waals surface area contributed by atoms with Crippen molar-refractivity contribution in [1.29, 1.82) is 0 Å². The van der Waals surface area contributed by atoms with Crippen LogP contribution in [0.15, 0.2) is 18.2 Å². The van der Waals surface area contributed by atoms with Gasteiger partial charge in [-0.05, 0) is 18.6 Å². The first-order chi connectivity index (χ1) is 18.0. The molecule has 0 heterocycles. The first-order valence-electron chi connectivity index (χ1n) is 12.0. The van der Waals surface area contributed by atoms with Crippen LogP contribution in [0.4, 0.5) is 0 Å². The number of carbonyl (C=O) groups excluding carboxylic acids is 3. The molecule has 0 aromatic heterocycles. The molecular formula is C24H39N3O10. The van der Waals surface area contributed by atoms with E-state index < -0.39 is 5.91 Å². The van der Waals surface area contributed by atoms with E-state index in [4.69, 9.17) is 34.2 Å². The molecule has 5 N–H and O–H groups in total. The summed E-state index contributed by atoms with van der Waals surface area (Å²) in [6.07, 6.45) is 0.863. The number of hydrogen-bond acceptors (Lipinski definition) is 10. The Morgan fingerprint density at radius 1 is 0.838 bits per heavy atom. The molecule has 0 unspecified atom stereocenters. The predicted octanol–water partition coefficient (Wildman–Crippen LogP) is -0.869. The van der Waals surface area contributed by atoms with Gasteiger partial charge in [-0.2, -0.15) is 0 Å². The standard InChI is InChI=1S/C24H39N3O10/c1-32-21-15-20(5-4-19(21)16-28)37-8-2-3-23(30)26-6-9-33-12-14-36-18-24(31)27-7-10-34-11-13-35-17-22(25)29/h4-5,15,28H,2-3,6-14,16-18H2,1H3,(H2,25,29)(H,26,30)(H,27,31). The number of primary amides is 1. The van der Waals surface area contributed by atoms with E-state index in [0.29, 0.717) is 76.0 Å². The van der Waals surface area contributed by atoms with Gasteiger partial charge in [0, 0.05) is 31.1 Å². The van der Waals surface area contributed by atoms with Crippen molar-refractivity contribution in [2.24, 2.45) is 5.73 Å². The number of methoxy groups -OCH3 is 1. The van der Waals surface area contributed by atoms with Crippen molar-refractivity contribution in [2.75, 3.05) is 79.7 Å². The molecule has 0 bridgehead atoms. The van der Waals surface area contributed by atoms with Crippen LogP contribution in [0, 0.1) is 0 Å². The third-order valence-corrected chi connectivity index (χ3v) is 4.60. The van der Waals surface area contributed by atoms with Crippen molar-refractivity contribution in [1.82, 2.24) is 10.6 Å². The number of rotatable bonds is 23. The first-order valence-corrected chi connectivity index (χ1v) is 12.0. The molecule has 0 aliphatic rings. The molecule has 37 heavy (non-hydrogen) atoms. The van der Waals surface area contributed by atoms with E-state index in [1.54, 1.807) is 18.2 Å². The summed E-state index contributed by atoms with van der Waals surface area (Å²) < 4.78 is 31.5. The quantitative estimate of drug-likeness (QED) is 0.130. The fourth-order valence-corrected chi connectivity index (χ4v) is 2.81. The maximum atomic E-state index is 11.9. The Kier molecular flexibility index (Phi) is 18.3. The number of nitrogens with two attached hydrogens (primary N) is 1. The Bertz CT molecular complexity index is 794. The molecule has 13 heteroatoms. The summed E-state index contributed by atoms with van der Waals surface area (Å²) in [7, 11) is 1.52. The maximum Gasteiger partial charge on any atom is 0.246 e. The Morgan fingerprint density at radius 2 is 1.46 bits per heavy atom. The summed E-state index contributed by atoms with van der Waals surface area (Å²) in [5.41, 5.74) is 5.60. The smallest absolute Gasteiger partial charge is 0.246 e. The van der Waals surface area contributed by atoms with Crippen molar-refractivity contribution in [3.8, 4) is 11.5 Å². The highest BCUT2D eigenvalue weighted by molar-refractivity contribution is 5.77. The Balaban J connectivity index is 1.90. The van der Waals surface area contributed by atoms with Gasteiger partial charge in [-0.1, -0.05) is 0 Å². The molecular weight excluding hydrogens is 490 g/mol. The highest BCUT2D eigenvalue weighted by atomic mass is 16.5. The van der Waals surface area contributed by atoms with Crippen molar-refractivity contribution in [2.45, 2.75) is 19.4 Å². The van der Waals surface area contributed by atoms with Gasteiger partial charge in [-0.3, -0.25) is 14.4 Å². The molecule has 0 saturated heterocycles. The molecule has 0 atom stereocenters. The summed E-state index contributed by atoms with van der Waals surface area (Å²) in [5.74, 6) is 0.248. The second-order valence-electron chi connectivity index (χ2n) is 7.58. The average Bonchev–Trinajstić information content (AvgIpc) is 2.89. The SMILES string of the molecule is COc1cc(OCCCC(=O)NCCOCCOCC(=O)NCCOCCOCC(N)=O)ccc1CO. The second-order valence-corrected chi connectivity index (χ2v) is 7.58. The van der Waals surface area contributed by atoms with Crippen molar-refractivity contribution < 1.29 is 47.9 Å². The molecule has 0 aliphatic carbocycles. The number of hydrogen-bond donors (Lipinski definition) is 4. The summed E-state index contributed by atoms with van der Waals surface area (Å²) in [6.45, 7) is 2.43. The first kappa shape index (κ1) is 32.1. The molecule has 13 nitrogen and oxygen atoms in total. The molecule has 0 saturated carbocycles. The van der Waals surface area contributed by atoms with Gasteiger partial charge in [-0.15, -0.1) is 0 Å². The van der Waals surface area contributed by atoms with Crippen LogP contribution in [0.2, 0.25) is 0 Å². The van der Waals surface area contributed by atoms with Crippen molar-refractivity contribution in [3.63, 3.8) is 0 Å². The van der Waals surface area contributed by atoms with Gasteiger partial charge in [0.15, 0.2) is 0 Å². The van der Waals surface area contributed by atoms with E-state index in [9.17, 15) is 19.5 Å². The van der Waals surface area contributed by atoms with Gasteiger partial charge in [0.25, 0.3) is 0 Å². The average molecular weight is 530 g/mol. The number of amides is 3. The lowest BCUT2D eigenvalue weighted by Crippen LogP contribution is -2.31. The molecule has 0 spiro atoms. The lowest BCUT2D eigenvalue weighted by Gasteiger charge is -2.11. The van der Waals surface area contributed by atoms with Crippen molar-refractivity contribution in [3.05, 3.63) is 23.8 Å². The molecule has 1 rings (SSSR count). The highest BCUT2D eigenvalue weighted by Gasteiger charge is 2.06. The number of aliphatic hydroxyl groups excluding tert-OH is 1. The van der Waals surface area contributed by atoms with E-state index in [0.717, 1.165) is 0 Å². The molecule has 0 fully saturated rings. The lowest BCUT2D eigenvalue weighted by molar-refractivity contribution is -0.127. The van der Waals surface area contributed by atoms with Gasteiger partial charge in [0.1, 0.15) is 24.7 Å². The van der Waals surface area contributed by atoms with E-state index >= 15 is 0 Å². The van der Waals surface area contributed by atoms with E-state index in [1.165, 1.54) is 7.11 Å². The molecule has 0 aliphatic heterocycles. The monoisotopic (exact) mass is 529 g/mol. The van der Waals surface area contributed by atoms with Crippen LogP contribution in [0.1, 0.15) is 18.4 Å². The molecule has 210 valence electrons. The fraction of sp³-hybridized carbons (Fsp3) is 0.625. The van der Waals surface area contributed by atoms with E-state index in [-0.39, 0.29) is 44.8 Å². The maximum absolute atomic E-state index is 11.9. The highest BCUT2D eigenvalue weighted by Crippen LogP contribution is 2.24. The Hall–Kier alpha value is -2.97. The van der Waals surface area contributed by atoms with Gasteiger partial charge in [-0.25, -0.2) is 0 Å². The number of ether oxygens (including phenoxy) is 6. The summed E-state index contributed by atoms with van der Waals surface area (Å²) >= 11 is 0. The van der Waals surface area contributed by atoms with Gasteiger partial charge in [0.05, 0.1) is 60.0 Å². The minimum atomic E-state index is -0.538. The van der Waals surface area contributed by atoms with Crippen LogP contribution in [0.5, 0.6) is 11.5 Å². The number of aliphatic hydroxyl groups is 1. The van der Waals surface area contributed by atoms with Gasteiger partial charge >= 0.3 is 0 Å². The zero-order valence-corrected chi connectivity index (χ0v) is 21.3. The van der Waals surface area contributed by atoms with Crippen LogP contribution in [0.25, 0.3) is 0 Å². The predicted molar refractivity (Wildman–Crippen MR) is 132 cm³/mol. The summed E-state index contributed by atoms with van der Waals surface area (Å²) in [6, 6.07) is 5.17.